The van der Waals surface area contributed by atoms with Gasteiger partial charge in [0, 0.05) is 0 Å². The maximum absolute atomic E-state index is 5.21. The van der Waals surface area contributed by atoms with Crippen molar-refractivity contribution in [2.24, 2.45) is 17.3 Å². The smallest absolute Gasteiger partial charge is 0.118 e. The van der Waals surface area contributed by atoms with Gasteiger partial charge in [0.05, 0.1) is 7.11 Å². The molecular weight excluding hydrogens is 220 g/mol. The van der Waals surface area contributed by atoms with Crippen molar-refractivity contribution in [3.8, 4) is 5.75 Å². The number of fused-ring (bicyclic) bond motifs is 2. The molecule has 0 radical (unpaired) electrons. The molecule has 18 heavy (non-hydrogen) atoms. The van der Waals surface area contributed by atoms with E-state index in [2.05, 4.69) is 32.1 Å². The Morgan fingerprint density at radius 1 is 1.17 bits per heavy atom. The summed E-state index contributed by atoms with van der Waals surface area (Å²) >= 11 is 0. The van der Waals surface area contributed by atoms with Crippen LogP contribution < -0.4 is 4.74 Å². The predicted octanol–water partition coefficient (Wildman–Crippen LogP) is 4.53. The Hall–Kier alpha value is -1.24. The minimum absolute atomic E-state index is 0.406. The molecule has 2 aliphatic carbocycles. The minimum atomic E-state index is 0.406. The van der Waals surface area contributed by atoms with Gasteiger partial charge in [0.25, 0.3) is 0 Å². The van der Waals surface area contributed by atoms with Crippen LogP contribution in [-0.2, 0) is 0 Å². The van der Waals surface area contributed by atoms with Crippen molar-refractivity contribution in [3.05, 3.63) is 35.4 Å². The van der Waals surface area contributed by atoms with Gasteiger partial charge in [-0.25, -0.2) is 0 Å². The Bertz CT molecular complexity index is 467. The highest BCUT2D eigenvalue weighted by Gasteiger charge is 2.48. The molecule has 1 aromatic carbocycles. The predicted molar refractivity (Wildman–Crippen MR) is 75.6 cm³/mol. The molecule has 2 atom stereocenters. The first-order chi connectivity index (χ1) is 8.61. The second-order valence-corrected chi connectivity index (χ2v) is 6.30. The van der Waals surface area contributed by atoms with Crippen LogP contribution in [0.4, 0.5) is 0 Å². The van der Waals surface area contributed by atoms with E-state index in [0.717, 1.165) is 17.6 Å². The van der Waals surface area contributed by atoms with Crippen LogP contribution in [0.3, 0.4) is 0 Å². The number of benzene rings is 1. The lowest BCUT2D eigenvalue weighted by molar-refractivity contribution is 0.290. The first-order valence-corrected chi connectivity index (χ1v) is 6.97. The van der Waals surface area contributed by atoms with E-state index in [4.69, 9.17) is 4.74 Å². The van der Waals surface area contributed by atoms with E-state index < -0.39 is 0 Å². The fraction of sp³-hybridized carbons (Fsp3) is 0.529. The summed E-state index contributed by atoms with van der Waals surface area (Å²) in [5.74, 6) is 2.68. The molecule has 3 rings (SSSR count). The average Bonchev–Trinajstić information content (AvgIpc) is 2.93. The van der Waals surface area contributed by atoms with Gasteiger partial charge < -0.3 is 4.74 Å². The summed E-state index contributed by atoms with van der Waals surface area (Å²) in [6.07, 6.45) is 6.66. The molecular formula is C17H22O. The first kappa shape index (κ1) is 11.8. The van der Waals surface area contributed by atoms with E-state index in [1.807, 2.05) is 12.1 Å². The lowest BCUT2D eigenvalue weighted by atomic mass is 9.72. The fourth-order valence-corrected chi connectivity index (χ4v) is 3.86. The normalized spacial score (nSPS) is 30.9. The van der Waals surface area contributed by atoms with Gasteiger partial charge in [0.2, 0.25) is 0 Å². The maximum Gasteiger partial charge on any atom is 0.118 e. The zero-order chi connectivity index (χ0) is 12.8. The third kappa shape index (κ3) is 1.77. The number of hydrogen-bond acceptors (Lipinski definition) is 1. The van der Waals surface area contributed by atoms with Crippen LogP contribution in [-0.4, -0.2) is 7.11 Å². The number of hydrogen-bond donors (Lipinski definition) is 0. The van der Waals surface area contributed by atoms with Crippen LogP contribution in [0.5, 0.6) is 5.75 Å². The van der Waals surface area contributed by atoms with E-state index in [9.17, 15) is 0 Å². The van der Waals surface area contributed by atoms with Gasteiger partial charge in [-0.05, 0) is 54.2 Å². The highest BCUT2D eigenvalue weighted by atomic mass is 16.5. The van der Waals surface area contributed by atoms with Crippen LogP contribution in [0.1, 0.15) is 38.7 Å². The average molecular weight is 242 g/mol. The largest absolute Gasteiger partial charge is 0.497 e. The van der Waals surface area contributed by atoms with Crippen LogP contribution in [0.2, 0.25) is 0 Å². The summed E-state index contributed by atoms with van der Waals surface area (Å²) in [6.45, 7) is 4.85. The van der Waals surface area contributed by atoms with Gasteiger partial charge in [0.15, 0.2) is 0 Å². The summed E-state index contributed by atoms with van der Waals surface area (Å²) in [5.41, 5.74) is 3.39. The number of ether oxygens (including phenoxy) is 1. The molecule has 2 bridgehead atoms. The minimum Gasteiger partial charge on any atom is -0.497 e. The van der Waals surface area contributed by atoms with E-state index in [-0.39, 0.29) is 0 Å². The molecule has 2 aliphatic rings. The third-order valence-corrected chi connectivity index (χ3v) is 5.08. The van der Waals surface area contributed by atoms with Crippen molar-refractivity contribution in [2.45, 2.75) is 33.1 Å². The third-order valence-electron chi connectivity index (χ3n) is 5.08. The highest BCUT2D eigenvalue weighted by molar-refractivity contribution is 5.57. The molecule has 0 aromatic heterocycles. The highest BCUT2D eigenvalue weighted by Crippen LogP contribution is 2.59. The van der Waals surface area contributed by atoms with Crippen molar-refractivity contribution in [1.29, 1.82) is 0 Å². The summed E-state index contributed by atoms with van der Waals surface area (Å²) in [6, 6.07) is 8.42. The van der Waals surface area contributed by atoms with Crippen molar-refractivity contribution in [3.63, 3.8) is 0 Å². The fourth-order valence-electron chi connectivity index (χ4n) is 3.86. The molecule has 1 aromatic rings. The SMILES string of the molecule is COc1ccc(/C=C2\[C@H]3CC[C@H](C3)C2(C)C)cc1. The lowest BCUT2D eigenvalue weighted by Crippen LogP contribution is -2.22. The standard InChI is InChI=1S/C17H22O/c1-17(2)14-7-6-13(11-14)16(17)10-12-4-8-15(18-3)9-5-12/h4-5,8-10,13-14H,6-7,11H2,1-3H3/b16-10+/t13-,14+/m0/s1. The molecule has 0 unspecified atom stereocenters. The van der Waals surface area contributed by atoms with Crippen molar-refractivity contribution in [1.82, 2.24) is 0 Å². The molecule has 2 fully saturated rings. The van der Waals surface area contributed by atoms with Gasteiger partial charge in [-0.1, -0.05) is 37.6 Å². The molecule has 0 aliphatic heterocycles. The molecule has 1 nitrogen and oxygen atoms in total. The van der Waals surface area contributed by atoms with E-state index >= 15 is 0 Å². The van der Waals surface area contributed by atoms with E-state index in [1.54, 1.807) is 12.7 Å². The van der Waals surface area contributed by atoms with Gasteiger partial charge in [-0.2, -0.15) is 0 Å². The Morgan fingerprint density at radius 3 is 2.44 bits per heavy atom. The first-order valence-electron chi connectivity index (χ1n) is 6.97. The van der Waals surface area contributed by atoms with Crippen molar-refractivity contribution < 1.29 is 4.74 Å². The Balaban J connectivity index is 1.91. The van der Waals surface area contributed by atoms with Crippen molar-refractivity contribution in [2.75, 3.05) is 7.11 Å². The van der Waals surface area contributed by atoms with Crippen LogP contribution in [0.15, 0.2) is 29.8 Å². The summed E-state index contributed by atoms with van der Waals surface area (Å²) in [4.78, 5) is 0. The van der Waals surface area contributed by atoms with E-state index in [0.29, 0.717) is 5.41 Å². The second-order valence-electron chi connectivity index (χ2n) is 6.30. The molecule has 0 saturated heterocycles. The van der Waals surface area contributed by atoms with Crippen LogP contribution in [0, 0.1) is 17.3 Å². The second kappa shape index (κ2) is 4.15. The van der Waals surface area contributed by atoms with Gasteiger partial charge >= 0.3 is 0 Å². The molecule has 96 valence electrons. The quantitative estimate of drug-likeness (QED) is 0.740. The zero-order valence-corrected chi connectivity index (χ0v) is 11.6. The van der Waals surface area contributed by atoms with Gasteiger partial charge in [-0.3, -0.25) is 0 Å². The molecule has 0 N–H and O–H groups in total. The number of methoxy groups -OCH3 is 1. The monoisotopic (exact) mass is 242 g/mol. The molecule has 0 amide bonds. The number of rotatable bonds is 2. The molecule has 1 heteroatoms. The van der Waals surface area contributed by atoms with Gasteiger partial charge in [0.1, 0.15) is 5.75 Å². The summed E-state index contributed by atoms with van der Waals surface area (Å²) in [7, 11) is 1.71. The number of allylic oxidation sites excluding steroid dienone is 1. The zero-order valence-electron chi connectivity index (χ0n) is 11.6. The van der Waals surface area contributed by atoms with Crippen molar-refractivity contribution >= 4 is 6.08 Å². The maximum atomic E-state index is 5.21. The molecule has 0 heterocycles. The van der Waals surface area contributed by atoms with Crippen LogP contribution in [0.25, 0.3) is 6.08 Å². The lowest BCUT2D eigenvalue weighted by Gasteiger charge is -2.33. The Morgan fingerprint density at radius 2 is 1.89 bits per heavy atom. The molecule has 0 spiro atoms. The van der Waals surface area contributed by atoms with Gasteiger partial charge in [-0.15, -0.1) is 0 Å². The Kier molecular flexibility index (Phi) is 2.73. The van der Waals surface area contributed by atoms with Crippen LogP contribution >= 0.6 is 0 Å². The van der Waals surface area contributed by atoms with E-state index in [1.165, 1.54) is 24.8 Å². The topological polar surface area (TPSA) is 9.23 Å². The molecule has 2 saturated carbocycles. The summed E-state index contributed by atoms with van der Waals surface area (Å²) in [5, 5.41) is 0. The Labute approximate surface area is 110 Å². The summed E-state index contributed by atoms with van der Waals surface area (Å²) < 4.78 is 5.21.